The molecule has 2 atom stereocenters. The van der Waals surface area contributed by atoms with Crippen molar-refractivity contribution in [3.63, 3.8) is 0 Å². The van der Waals surface area contributed by atoms with E-state index in [1.165, 1.54) is 0 Å². The summed E-state index contributed by atoms with van der Waals surface area (Å²) in [5.74, 6) is -21.4. The Morgan fingerprint density at radius 2 is 1.04 bits per heavy atom. The first-order valence-corrected chi connectivity index (χ1v) is 7.71. The molecule has 0 aromatic carbocycles. The molecule has 0 amide bonds. The Morgan fingerprint density at radius 3 is 1.24 bits per heavy atom. The van der Waals surface area contributed by atoms with Crippen LogP contribution < -0.4 is 0 Å². The van der Waals surface area contributed by atoms with Gasteiger partial charge in [-0.2, -0.15) is 35.1 Å². The van der Waals surface area contributed by atoms with Gasteiger partial charge in [0.1, 0.15) is 13.2 Å². The summed E-state index contributed by atoms with van der Waals surface area (Å²) in [6, 6.07) is 0. The van der Waals surface area contributed by atoms with Gasteiger partial charge in [-0.1, -0.05) is 0 Å². The lowest BCUT2D eigenvalue weighted by Crippen LogP contribution is -2.50. The molecule has 0 saturated heterocycles. The molecule has 4 nitrogen and oxygen atoms in total. The first-order valence-electron chi connectivity index (χ1n) is 6.21. The van der Waals surface area contributed by atoms with E-state index in [9.17, 15) is 48.5 Å². The molecule has 0 radical (unpaired) electrons. The van der Waals surface area contributed by atoms with Crippen LogP contribution in [0.15, 0.2) is 0 Å². The fourth-order valence-corrected chi connectivity index (χ4v) is 1.86. The normalized spacial score (nSPS) is 19.4. The monoisotopic (exact) mass is 418 g/mol. The molecule has 0 aromatic heterocycles. The molecule has 1 N–H and O–H groups in total. The minimum atomic E-state index is -5.96. The molecule has 0 saturated carbocycles. The highest BCUT2D eigenvalue weighted by atomic mass is 31.2. The molecule has 0 aliphatic rings. The van der Waals surface area contributed by atoms with Crippen LogP contribution in [-0.2, 0) is 13.6 Å². The van der Waals surface area contributed by atoms with Crippen LogP contribution in [0.4, 0.5) is 43.9 Å². The molecule has 0 bridgehead atoms. The van der Waals surface area contributed by atoms with Gasteiger partial charge < -0.3 is 4.89 Å². The maximum Gasteiger partial charge on any atom is 0.472 e. The molecule has 0 aliphatic carbocycles. The van der Waals surface area contributed by atoms with Crippen molar-refractivity contribution in [2.24, 2.45) is 0 Å². The first-order chi connectivity index (χ1) is 10.8. The van der Waals surface area contributed by atoms with Gasteiger partial charge in [0, 0.05) is 0 Å². The fraction of sp³-hybridized carbons (Fsp3) is 1.00. The Morgan fingerprint density at radius 1 is 0.800 bits per heavy atom. The number of hydrogen-bond acceptors (Lipinski definition) is 3. The van der Waals surface area contributed by atoms with Crippen LogP contribution in [0.3, 0.4) is 0 Å². The van der Waals surface area contributed by atoms with Crippen molar-refractivity contribution in [2.75, 3.05) is 13.2 Å². The van der Waals surface area contributed by atoms with E-state index in [0.717, 1.165) is 0 Å². The van der Waals surface area contributed by atoms with E-state index in [1.807, 2.05) is 0 Å². The summed E-state index contributed by atoms with van der Waals surface area (Å²) >= 11 is 0. The highest BCUT2D eigenvalue weighted by Gasteiger charge is 2.63. The Hall–Kier alpha value is -0.590. The summed E-state index contributed by atoms with van der Waals surface area (Å²) in [5.41, 5.74) is 0. The number of alkyl halides is 10. The highest BCUT2D eigenvalue weighted by molar-refractivity contribution is 7.47. The SMILES string of the molecule is CC(F)C(F)(F)C(F)(F)COP(=O)(O)OCC(F)(F)C(F)(F)C(C)F. The van der Waals surface area contributed by atoms with Crippen molar-refractivity contribution in [3.8, 4) is 0 Å². The maximum atomic E-state index is 13.0. The third kappa shape index (κ3) is 5.69. The van der Waals surface area contributed by atoms with E-state index in [0.29, 0.717) is 0 Å². The summed E-state index contributed by atoms with van der Waals surface area (Å²) < 4.78 is 146. The molecule has 0 heterocycles. The van der Waals surface area contributed by atoms with Crippen molar-refractivity contribution in [3.05, 3.63) is 0 Å². The maximum absolute atomic E-state index is 13.0. The van der Waals surface area contributed by atoms with Crippen molar-refractivity contribution in [1.82, 2.24) is 0 Å². The van der Waals surface area contributed by atoms with E-state index in [4.69, 9.17) is 4.89 Å². The van der Waals surface area contributed by atoms with Crippen molar-refractivity contribution in [2.45, 2.75) is 49.9 Å². The zero-order valence-electron chi connectivity index (χ0n) is 12.5. The molecule has 0 rings (SSSR count). The number of rotatable bonds is 10. The van der Waals surface area contributed by atoms with E-state index < -0.39 is 57.1 Å². The second kappa shape index (κ2) is 7.57. The quantitative estimate of drug-likeness (QED) is 0.423. The van der Waals surface area contributed by atoms with Gasteiger partial charge in [0.25, 0.3) is 0 Å². The molecule has 15 heteroatoms. The van der Waals surface area contributed by atoms with Crippen LogP contribution in [0, 0.1) is 0 Å². The third-order valence-corrected chi connectivity index (χ3v) is 3.70. The third-order valence-electron chi connectivity index (χ3n) is 2.79. The molecule has 0 aliphatic heterocycles. The number of phosphoric acid groups is 1. The zero-order chi connectivity index (χ0) is 20.5. The summed E-state index contributed by atoms with van der Waals surface area (Å²) in [5, 5.41) is 0. The lowest BCUT2D eigenvalue weighted by molar-refractivity contribution is -0.252. The molecule has 2 unspecified atom stereocenters. The second-order valence-corrected chi connectivity index (χ2v) is 6.36. The summed E-state index contributed by atoms with van der Waals surface area (Å²) in [4.78, 5) is 8.82. The summed E-state index contributed by atoms with van der Waals surface area (Å²) in [6.07, 6.45) is -6.83. The van der Waals surface area contributed by atoms with Gasteiger partial charge in [-0.25, -0.2) is 13.3 Å². The van der Waals surface area contributed by atoms with Crippen LogP contribution >= 0.6 is 7.82 Å². The average molecular weight is 418 g/mol. The topological polar surface area (TPSA) is 55.8 Å². The minimum Gasteiger partial charge on any atom is -0.302 e. The molecule has 0 fully saturated rings. The number of hydrogen-bond donors (Lipinski definition) is 1. The zero-order valence-corrected chi connectivity index (χ0v) is 13.4. The Bertz CT molecular complexity index is 456. The smallest absolute Gasteiger partial charge is 0.302 e. The van der Waals surface area contributed by atoms with Gasteiger partial charge in [-0.05, 0) is 13.8 Å². The highest BCUT2D eigenvalue weighted by Crippen LogP contribution is 2.49. The lowest BCUT2D eigenvalue weighted by Gasteiger charge is -2.29. The number of halogens is 10. The van der Waals surface area contributed by atoms with E-state index in [1.54, 1.807) is 0 Å². The average Bonchev–Trinajstić information content (AvgIpc) is 2.43. The van der Waals surface area contributed by atoms with Gasteiger partial charge in [0.15, 0.2) is 12.3 Å². The van der Waals surface area contributed by atoms with Gasteiger partial charge in [0.2, 0.25) is 0 Å². The largest absolute Gasteiger partial charge is 0.472 e. The van der Waals surface area contributed by atoms with Crippen LogP contribution in [0.5, 0.6) is 0 Å². The van der Waals surface area contributed by atoms with E-state index in [-0.39, 0.29) is 13.8 Å². The lowest BCUT2D eigenvalue weighted by atomic mass is 10.1. The van der Waals surface area contributed by atoms with Crippen LogP contribution in [0.25, 0.3) is 0 Å². The van der Waals surface area contributed by atoms with Gasteiger partial charge in [0.05, 0.1) is 0 Å². The standard InChI is InChI=1S/C10H13F10O4P/c1-5(11)9(17,18)7(13,14)3-23-25(21,22)24-4-8(15,16)10(19,20)6(2)12/h5-6H,3-4H2,1-2H3,(H,21,22). The van der Waals surface area contributed by atoms with Crippen LogP contribution in [-0.4, -0.2) is 54.1 Å². The van der Waals surface area contributed by atoms with Crippen LogP contribution in [0.1, 0.15) is 13.8 Å². The summed E-state index contributed by atoms with van der Waals surface area (Å²) in [7, 11) is -5.96. The van der Waals surface area contributed by atoms with Crippen molar-refractivity contribution in [1.29, 1.82) is 0 Å². The van der Waals surface area contributed by atoms with Gasteiger partial charge in [-0.15, -0.1) is 0 Å². The van der Waals surface area contributed by atoms with E-state index in [2.05, 4.69) is 9.05 Å². The molecular formula is C10H13F10O4P. The number of phosphoric ester groups is 1. The molecule has 0 spiro atoms. The Labute approximate surface area is 134 Å². The molecule has 25 heavy (non-hydrogen) atoms. The summed E-state index contributed by atoms with van der Waals surface area (Å²) in [6.45, 7) is -5.21. The fourth-order valence-electron chi connectivity index (χ4n) is 1.14. The van der Waals surface area contributed by atoms with E-state index >= 15 is 0 Å². The molecule has 0 aromatic rings. The predicted octanol–water partition coefficient (Wildman–Crippen LogP) is 4.38. The minimum absolute atomic E-state index is 0.0453. The van der Waals surface area contributed by atoms with Gasteiger partial charge in [-0.3, -0.25) is 9.05 Å². The van der Waals surface area contributed by atoms with Gasteiger partial charge >= 0.3 is 31.5 Å². The Balaban J connectivity index is 4.95. The Kier molecular flexibility index (Phi) is 7.39. The first kappa shape index (κ1) is 24.4. The van der Waals surface area contributed by atoms with Crippen molar-refractivity contribution < 1.29 is 62.4 Å². The van der Waals surface area contributed by atoms with Crippen molar-refractivity contribution >= 4 is 7.82 Å². The molecule has 152 valence electrons. The molecular weight excluding hydrogens is 405 g/mol. The van der Waals surface area contributed by atoms with Crippen LogP contribution in [0.2, 0.25) is 0 Å². The second-order valence-electron chi connectivity index (χ2n) is 4.90. The predicted molar refractivity (Wildman–Crippen MR) is 62.7 cm³/mol.